The molecule has 0 aliphatic carbocycles. The van der Waals surface area contributed by atoms with Gasteiger partial charge in [-0.05, 0) is 39.3 Å². The van der Waals surface area contributed by atoms with Crippen LogP contribution in [-0.2, 0) is 14.9 Å². The van der Waals surface area contributed by atoms with Crippen LogP contribution in [-0.4, -0.2) is 23.6 Å². The van der Waals surface area contributed by atoms with Crippen molar-refractivity contribution in [2.24, 2.45) is 0 Å². The standard InChI is InChI=1S/C20H22O5/c1-10-7-6-8-13-14(10)16-15(18(22)24-13)20(5,11(2)23-16)9-12(21)17-19(3,4)25-17/h6-8,11,17H,9H2,1-5H3/t11-,17+,20+/m0/s1. The van der Waals surface area contributed by atoms with Crippen LogP contribution < -0.4 is 10.4 Å². The summed E-state index contributed by atoms with van der Waals surface area (Å²) in [7, 11) is 0. The van der Waals surface area contributed by atoms with E-state index in [4.69, 9.17) is 13.9 Å². The number of carbonyl (C=O) groups excluding carboxylic acids is 1. The Labute approximate surface area is 145 Å². The van der Waals surface area contributed by atoms with Gasteiger partial charge in [-0.25, -0.2) is 4.79 Å². The zero-order chi connectivity index (χ0) is 18.1. The highest BCUT2D eigenvalue weighted by atomic mass is 16.6. The largest absolute Gasteiger partial charge is 0.488 e. The first kappa shape index (κ1) is 16.3. The molecule has 1 saturated heterocycles. The van der Waals surface area contributed by atoms with Crippen molar-refractivity contribution in [2.75, 3.05) is 0 Å². The normalized spacial score (nSPS) is 29.3. The van der Waals surface area contributed by atoms with Crippen molar-refractivity contribution in [1.82, 2.24) is 0 Å². The highest BCUT2D eigenvalue weighted by molar-refractivity contribution is 5.91. The Hall–Kier alpha value is -2.14. The Bertz CT molecular complexity index is 954. The number of aryl methyl sites for hydroxylation is 1. The molecule has 1 aromatic carbocycles. The molecule has 4 rings (SSSR count). The van der Waals surface area contributed by atoms with Crippen molar-refractivity contribution in [2.45, 2.75) is 64.3 Å². The predicted octanol–water partition coefficient (Wildman–Crippen LogP) is 3.28. The lowest BCUT2D eigenvalue weighted by Gasteiger charge is -2.26. The minimum atomic E-state index is -0.731. The van der Waals surface area contributed by atoms with Gasteiger partial charge in [-0.1, -0.05) is 19.1 Å². The third-order valence-electron chi connectivity index (χ3n) is 5.69. The summed E-state index contributed by atoms with van der Waals surface area (Å²) in [6, 6.07) is 5.57. The van der Waals surface area contributed by atoms with E-state index in [-0.39, 0.29) is 18.3 Å². The van der Waals surface area contributed by atoms with Gasteiger partial charge in [0.1, 0.15) is 23.5 Å². The van der Waals surface area contributed by atoms with Crippen LogP contribution in [0.15, 0.2) is 27.4 Å². The summed E-state index contributed by atoms with van der Waals surface area (Å²) < 4.78 is 17.1. The maximum absolute atomic E-state index is 12.7. The van der Waals surface area contributed by atoms with Gasteiger partial charge in [-0.2, -0.15) is 0 Å². The fraction of sp³-hybridized carbons (Fsp3) is 0.500. The molecule has 0 bridgehead atoms. The minimum absolute atomic E-state index is 0.0000746. The molecule has 2 aliphatic rings. The third-order valence-corrected chi connectivity index (χ3v) is 5.69. The second kappa shape index (κ2) is 4.94. The van der Waals surface area contributed by atoms with Crippen LogP contribution in [0.2, 0.25) is 0 Å². The molecule has 0 N–H and O–H groups in total. The number of ketones is 1. The Morgan fingerprint density at radius 3 is 2.56 bits per heavy atom. The van der Waals surface area contributed by atoms with Crippen molar-refractivity contribution in [3.8, 4) is 5.75 Å². The summed E-state index contributed by atoms with van der Waals surface area (Å²) in [5.74, 6) is 0.559. The first-order valence-corrected chi connectivity index (χ1v) is 8.59. The van der Waals surface area contributed by atoms with Crippen LogP contribution in [0.1, 0.15) is 45.2 Å². The molecule has 0 unspecified atom stereocenters. The average Bonchev–Trinajstić information content (AvgIpc) is 3.07. The van der Waals surface area contributed by atoms with E-state index >= 15 is 0 Å². The van der Waals surface area contributed by atoms with Gasteiger partial charge < -0.3 is 13.9 Å². The zero-order valence-electron chi connectivity index (χ0n) is 15.1. The van der Waals surface area contributed by atoms with Crippen LogP contribution in [0.3, 0.4) is 0 Å². The van der Waals surface area contributed by atoms with Crippen molar-refractivity contribution < 1.29 is 18.7 Å². The molecule has 5 heteroatoms. The highest BCUT2D eigenvalue weighted by Crippen LogP contribution is 2.49. The van der Waals surface area contributed by atoms with Crippen LogP contribution in [0, 0.1) is 6.92 Å². The second-order valence-electron chi connectivity index (χ2n) is 7.96. The van der Waals surface area contributed by atoms with E-state index in [1.54, 1.807) is 6.07 Å². The molecule has 0 radical (unpaired) electrons. The summed E-state index contributed by atoms with van der Waals surface area (Å²) in [5.41, 5.74) is 0.386. The maximum atomic E-state index is 12.7. The van der Waals surface area contributed by atoms with Crippen LogP contribution in [0.4, 0.5) is 0 Å². The number of rotatable bonds is 3. The molecule has 1 fully saturated rings. The minimum Gasteiger partial charge on any atom is -0.488 e. The number of hydrogen-bond acceptors (Lipinski definition) is 5. The van der Waals surface area contributed by atoms with Gasteiger partial charge in [0.25, 0.3) is 0 Å². The van der Waals surface area contributed by atoms with Crippen molar-refractivity contribution in [1.29, 1.82) is 0 Å². The maximum Gasteiger partial charge on any atom is 0.343 e. The molecule has 1 aromatic heterocycles. The summed E-state index contributed by atoms with van der Waals surface area (Å²) in [6.45, 7) is 9.54. The SMILES string of the molecule is Cc1cccc2oc(=O)c3c(c12)O[C@@H](C)[C@@]3(C)CC(=O)[C@H]1OC1(C)C. The molecule has 0 amide bonds. The van der Waals surface area contributed by atoms with Gasteiger partial charge in [-0.15, -0.1) is 0 Å². The summed E-state index contributed by atoms with van der Waals surface area (Å²) in [6.07, 6.45) is -0.520. The van der Waals surface area contributed by atoms with E-state index in [0.717, 1.165) is 10.9 Å². The van der Waals surface area contributed by atoms with Crippen LogP contribution >= 0.6 is 0 Å². The van der Waals surface area contributed by atoms with Crippen molar-refractivity contribution >= 4 is 16.8 Å². The molecule has 2 aromatic rings. The molecular formula is C20H22O5. The summed E-state index contributed by atoms with van der Waals surface area (Å²) >= 11 is 0. The van der Waals surface area contributed by atoms with E-state index in [2.05, 4.69) is 0 Å². The summed E-state index contributed by atoms with van der Waals surface area (Å²) in [4.78, 5) is 25.4. The van der Waals surface area contributed by atoms with Crippen molar-refractivity contribution in [3.63, 3.8) is 0 Å². The quantitative estimate of drug-likeness (QED) is 0.632. The number of benzene rings is 1. The van der Waals surface area contributed by atoms with Crippen LogP contribution in [0.5, 0.6) is 5.75 Å². The first-order chi connectivity index (χ1) is 11.6. The second-order valence-corrected chi connectivity index (χ2v) is 7.96. The van der Waals surface area contributed by atoms with E-state index in [0.29, 0.717) is 16.9 Å². The Morgan fingerprint density at radius 1 is 1.24 bits per heavy atom. The molecular weight excluding hydrogens is 320 g/mol. The van der Waals surface area contributed by atoms with Gasteiger partial charge in [0.2, 0.25) is 0 Å². The van der Waals surface area contributed by atoms with Gasteiger partial charge in [0, 0.05) is 11.8 Å². The fourth-order valence-electron chi connectivity index (χ4n) is 3.92. The number of hydrogen-bond donors (Lipinski definition) is 0. The molecule has 5 nitrogen and oxygen atoms in total. The van der Waals surface area contributed by atoms with Gasteiger partial charge in [-0.3, -0.25) is 4.79 Å². The van der Waals surface area contributed by atoms with Crippen LogP contribution in [0.25, 0.3) is 11.0 Å². The molecule has 3 atom stereocenters. The molecule has 0 saturated carbocycles. The zero-order valence-corrected chi connectivity index (χ0v) is 15.1. The van der Waals surface area contributed by atoms with Gasteiger partial charge >= 0.3 is 5.63 Å². The fourth-order valence-corrected chi connectivity index (χ4v) is 3.92. The third kappa shape index (κ3) is 2.25. The number of ether oxygens (including phenoxy) is 2. The topological polar surface area (TPSA) is 69.0 Å². The van der Waals surface area contributed by atoms with E-state index in [1.807, 2.05) is 46.8 Å². The Kier molecular flexibility index (Phi) is 3.23. The highest BCUT2D eigenvalue weighted by Gasteiger charge is 2.56. The number of carbonyl (C=O) groups is 1. The lowest BCUT2D eigenvalue weighted by atomic mass is 9.75. The average molecular weight is 342 g/mol. The molecule has 0 spiro atoms. The smallest absolute Gasteiger partial charge is 0.343 e. The summed E-state index contributed by atoms with van der Waals surface area (Å²) in [5, 5.41) is 0.808. The lowest BCUT2D eigenvalue weighted by Crippen LogP contribution is -2.39. The number of Topliss-reactive ketones (excluding diaryl/α,β-unsaturated/α-hetero) is 1. The van der Waals surface area contributed by atoms with E-state index < -0.39 is 22.7 Å². The molecule has 25 heavy (non-hydrogen) atoms. The van der Waals surface area contributed by atoms with E-state index in [1.165, 1.54) is 0 Å². The molecule has 2 aliphatic heterocycles. The lowest BCUT2D eigenvalue weighted by molar-refractivity contribution is -0.122. The van der Waals surface area contributed by atoms with Gasteiger partial charge in [0.15, 0.2) is 5.78 Å². The Balaban J connectivity index is 1.84. The van der Waals surface area contributed by atoms with Gasteiger partial charge in [0.05, 0.1) is 16.6 Å². The molecule has 3 heterocycles. The van der Waals surface area contributed by atoms with E-state index in [9.17, 15) is 9.59 Å². The Morgan fingerprint density at radius 2 is 1.92 bits per heavy atom. The van der Waals surface area contributed by atoms with Crippen molar-refractivity contribution in [3.05, 3.63) is 39.7 Å². The monoisotopic (exact) mass is 342 g/mol. The number of fused-ring (bicyclic) bond motifs is 3. The number of epoxide rings is 1. The predicted molar refractivity (Wildman–Crippen MR) is 93.2 cm³/mol. The first-order valence-electron chi connectivity index (χ1n) is 8.59. The molecule has 132 valence electrons.